The average Bonchev–Trinajstić information content (AvgIpc) is 2.68. The molecule has 0 fully saturated rings. The molecule has 0 amide bonds. The zero-order chi connectivity index (χ0) is 14.7. The molecule has 0 unspecified atom stereocenters. The Bertz CT molecular complexity index is 617. The molecule has 0 spiro atoms. The van der Waals surface area contributed by atoms with Crippen LogP contribution in [0.2, 0.25) is 0 Å². The van der Waals surface area contributed by atoms with Crippen molar-refractivity contribution >= 4 is 0 Å². The predicted molar refractivity (Wildman–Crippen MR) is 83.7 cm³/mol. The van der Waals surface area contributed by atoms with Crippen LogP contribution in [0.3, 0.4) is 0 Å². The van der Waals surface area contributed by atoms with E-state index in [-0.39, 0.29) is 5.56 Å². The van der Waals surface area contributed by atoms with Crippen molar-refractivity contribution in [1.82, 2.24) is 9.78 Å². The lowest BCUT2D eigenvalue weighted by molar-refractivity contribution is 0.611. The molecule has 0 aliphatic carbocycles. The first-order valence-corrected chi connectivity index (χ1v) is 7.42. The fourth-order valence-corrected chi connectivity index (χ4v) is 2.53. The Hall–Kier alpha value is -1.77. The van der Waals surface area contributed by atoms with Crippen LogP contribution in [0.1, 0.15) is 44.0 Å². The van der Waals surface area contributed by atoms with Crippen LogP contribution in [0.25, 0.3) is 5.69 Å². The van der Waals surface area contributed by atoms with Gasteiger partial charge in [0.15, 0.2) is 0 Å². The van der Waals surface area contributed by atoms with Gasteiger partial charge in [-0.1, -0.05) is 44.9 Å². The number of nitrogens with one attached hydrogen (secondary N) is 1. The van der Waals surface area contributed by atoms with Gasteiger partial charge in [-0.2, -0.15) is 0 Å². The van der Waals surface area contributed by atoms with E-state index in [0.717, 1.165) is 36.2 Å². The molecular weight excluding hydrogens is 248 g/mol. The summed E-state index contributed by atoms with van der Waals surface area (Å²) in [4.78, 5) is 12.2. The van der Waals surface area contributed by atoms with Crippen LogP contribution in [-0.2, 0) is 12.8 Å². The normalized spacial score (nSPS) is 11.2. The van der Waals surface area contributed by atoms with Gasteiger partial charge in [0.05, 0.1) is 5.69 Å². The van der Waals surface area contributed by atoms with Gasteiger partial charge in [-0.3, -0.25) is 14.6 Å². The number of nitrogens with zero attached hydrogens (tertiary/aromatic N) is 1. The molecule has 1 N–H and O–H groups in total. The summed E-state index contributed by atoms with van der Waals surface area (Å²) < 4.78 is 1.97. The summed E-state index contributed by atoms with van der Waals surface area (Å²) in [6.07, 6.45) is 2.75. The third-order valence-electron chi connectivity index (χ3n) is 3.50. The zero-order valence-corrected chi connectivity index (χ0v) is 12.9. The second-order valence-corrected chi connectivity index (χ2v) is 5.89. The molecule has 0 saturated heterocycles. The fourth-order valence-electron chi connectivity index (χ4n) is 2.53. The SMILES string of the molecule is CCCc1c(CC(C)C)n(-c2ccc(C)cc2)[nH]c1=O. The summed E-state index contributed by atoms with van der Waals surface area (Å²) >= 11 is 0. The fraction of sp³-hybridized carbons (Fsp3) is 0.471. The molecule has 1 aromatic heterocycles. The first kappa shape index (κ1) is 14.6. The number of aromatic amines is 1. The van der Waals surface area contributed by atoms with Crippen LogP contribution in [0.15, 0.2) is 29.1 Å². The average molecular weight is 272 g/mol. The number of aryl methyl sites for hydroxylation is 1. The number of hydrogen-bond donors (Lipinski definition) is 1. The molecule has 1 aromatic carbocycles. The van der Waals surface area contributed by atoms with E-state index in [1.807, 2.05) is 4.68 Å². The van der Waals surface area contributed by atoms with Crippen LogP contribution in [0.4, 0.5) is 0 Å². The van der Waals surface area contributed by atoms with Crippen LogP contribution in [-0.4, -0.2) is 9.78 Å². The molecular formula is C17H24N2O. The first-order chi connectivity index (χ1) is 9.52. The maximum Gasteiger partial charge on any atom is 0.267 e. The molecule has 0 atom stereocenters. The summed E-state index contributed by atoms with van der Waals surface area (Å²) in [6.45, 7) is 8.56. The maximum atomic E-state index is 12.2. The third kappa shape index (κ3) is 3.03. The highest BCUT2D eigenvalue weighted by molar-refractivity contribution is 5.37. The molecule has 0 radical (unpaired) electrons. The molecule has 0 aliphatic heterocycles. The van der Waals surface area contributed by atoms with E-state index in [0.29, 0.717) is 5.92 Å². The molecule has 108 valence electrons. The van der Waals surface area contributed by atoms with E-state index in [4.69, 9.17) is 0 Å². The molecule has 3 nitrogen and oxygen atoms in total. The van der Waals surface area contributed by atoms with Gasteiger partial charge >= 0.3 is 0 Å². The largest absolute Gasteiger partial charge is 0.268 e. The Morgan fingerprint density at radius 2 is 1.85 bits per heavy atom. The number of hydrogen-bond acceptors (Lipinski definition) is 1. The Labute approximate surface area is 120 Å². The Balaban J connectivity index is 2.54. The number of H-pyrrole nitrogens is 1. The Kier molecular flexibility index (Phi) is 4.48. The van der Waals surface area contributed by atoms with Crippen molar-refractivity contribution in [1.29, 1.82) is 0 Å². The van der Waals surface area contributed by atoms with Gasteiger partial charge in [-0.25, -0.2) is 0 Å². The molecule has 2 aromatic rings. The van der Waals surface area contributed by atoms with Crippen molar-refractivity contribution in [2.24, 2.45) is 5.92 Å². The second-order valence-electron chi connectivity index (χ2n) is 5.89. The highest BCUT2D eigenvalue weighted by Crippen LogP contribution is 2.17. The van der Waals surface area contributed by atoms with E-state index >= 15 is 0 Å². The van der Waals surface area contributed by atoms with Gasteiger partial charge in [0.2, 0.25) is 0 Å². The van der Waals surface area contributed by atoms with Crippen molar-refractivity contribution in [2.45, 2.75) is 47.0 Å². The zero-order valence-electron chi connectivity index (χ0n) is 12.9. The smallest absolute Gasteiger partial charge is 0.267 e. The van der Waals surface area contributed by atoms with Crippen molar-refractivity contribution in [3.8, 4) is 5.69 Å². The second kappa shape index (κ2) is 6.12. The molecule has 0 saturated carbocycles. The van der Waals surface area contributed by atoms with Crippen LogP contribution in [0, 0.1) is 12.8 Å². The summed E-state index contributed by atoms with van der Waals surface area (Å²) in [5.74, 6) is 0.525. The van der Waals surface area contributed by atoms with E-state index in [9.17, 15) is 4.79 Å². The summed E-state index contributed by atoms with van der Waals surface area (Å²) in [6, 6.07) is 8.27. The topological polar surface area (TPSA) is 37.8 Å². The maximum absolute atomic E-state index is 12.2. The van der Waals surface area contributed by atoms with Crippen LogP contribution >= 0.6 is 0 Å². The van der Waals surface area contributed by atoms with Gasteiger partial charge in [0.25, 0.3) is 5.56 Å². The summed E-state index contributed by atoms with van der Waals surface area (Å²) in [7, 11) is 0. The van der Waals surface area contributed by atoms with E-state index < -0.39 is 0 Å². The minimum absolute atomic E-state index is 0.0584. The lowest BCUT2D eigenvalue weighted by Gasteiger charge is -2.12. The number of aromatic nitrogens is 2. The minimum Gasteiger partial charge on any atom is -0.268 e. The molecule has 2 rings (SSSR count). The first-order valence-electron chi connectivity index (χ1n) is 7.42. The van der Waals surface area contributed by atoms with E-state index in [2.05, 4.69) is 57.1 Å². The molecule has 0 aliphatic rings. The van der Waals surface area contributed by atoms with E-state index in [1.165, 1.54) is 5.56 Å². The molecule has 3 heteroatoms. The molecule has 20 heavy (non-hydrogen) atoms. The molecule has 1 heterocycles. The van der Waals surface area contributed by atoms with Crippen LogP contribution < -0.4 is 5.56 Å². The van der Waals surface area contributed by atoms with Crippen molar-refractivity contribution in [3.63, 3.8) is 0 Å². The lowest BCUT2D eigenvalue weighted by Crippen LogP contribution is -2.07. The van der Waals surface area contributed by atoms with Crippen molar-refractivity contribution in [3.05, 3.63) is 51.4 Å². The summed E-state index contributed by atoms with van der Waals surface area (Å²) in [5.41, 5.74) is 4.40. The monoisotopic (exact) mass is 272 g/mol. The van der Waals surface area contributed by atoms with Crippen molar-refractivity contribution < 1.29 is 0 Å². The van der Waals surface area contributed by atoms with E-state index in [1.54, 1.807) is 0 Å². The highest BCUT2D eigenvalue weighted by atomic mass is 16.1. The number of rotatable bonds is 5. The van der Waals surface area contributed by atoms with Gasteiger partial charge in [0.1, 0.15) is 0 Å². The summed E-state index contributed by atoms with van der Waals surface area (Å²) in [5, 5.41) is 3.00. The van der Waals surface area contributed by atoms with Gasteiger partial charge in [-0.15, -0.1) is 0 Å². The predicted octanol–water partition coefficient (Wildman–Crippen LogP) is 3.63. The highest BCUT2D eigenvalue weighted by Gasteiger charge is 2.16. The van der Waals surface area contributed by atoms with Crippen molar-refractivity contribution in [2.75, 3.05) is 0 Å². The van der Waals surface area contributed by atoms with Crippen LogP contribution in [0.5, 0.6) is 0 Å². The standard InChI is InChI=1S/C17H24N2O/c1-5-6-15-16(11-12(2)3)19(18-17(15)20)14-9-7-13(4)8-10-14/h7-10,12H,5-6,11H2,1-4H3,(H,18,20). The minimum atomic E-state index is 0.0584. The number of benzene rings is 1. The Morgan fingerprint density at radius 1 is 1.20 bits per heavy atom. The van der Waals surface area contributed by atoms with Gasteiger partial charge in [0, 0.05) is 11.3 Å². The van der Waals surface area contributed by atoms with Gasteiger partial charge in [-0.05, 0) is 37.8 Å². The van der Waals surface area contributed by atoms with Gasteiger partial charge < -0.3 is 0 Å². The Morgan fingerprint density at radius 3 is 2.40 bits per heavy atom. The molecule has 0 bridgehead atoms. The third-order valence-corrected chi connectivity index (χ3v) is 3.50. The quantitative estimate of drug-likeness (QED) is 0.887. The lowest BCUT2D eigenvalue weighted by atomic mass is 10.0.